The van der Waals surface area contributed by atoms with Crippen molar-refractivity contribution in [3.8, 4) is 0 Å². The summed E-state index contributed by atoms with van der Waals surface area (Å²) in [6.07, 6.45) is 0. The van der Waals surface area contributed by atoms with Gasteiger partial charge in [-0.25, -0.2) is 0 Å². The second-order valence-electron chi connectivity index (χ2n) is 5.20. The van der Waals surface area contributed by atoms with E-state index >= 15 is 0 Å². The molecule has 0 aliphatic heterocycles. The van der Waals surface area contributed by atoms with Crippen LogP contribution in [0.4, 0.5) is 11.4 Å². The van der Waals surface area contributed by atoms with Crippen LogP contribution in [-0.4, -0.2) is 26.5 Å². The van der Waals surface area contributed by atoms with Crippen molar-refractivity contribution >= 4 is 33.2 Å². The first-order valence-electron chi connectivity index (χ1n) is 7.07. The highest BCUT2D eigenvalue weighted by atomic mass is 79.9. The lowest BCUT2D eigenvalue weighted by atomic mass is 10.2. The lowest BCUT2D eigenvalue weighted by Crippen LogP contribution is -2.29. The molecule has 2 rings (SSSR count). The molecule has 0 radical (unpaired) electrons. The van der Waals surface area contributed by atoms with Gasteiger partial charge in [-0.3, -0.25) is 4.79 Å². The van der Waals surface area contributed by atoms with Crippen LogP contribution in [-0.2, 0) is 11.3 Å². The highest BCUT2D eigenvalue weighted by molar-refractivity contribution is 9.10. The topological polar surface area (TPSA) is 44.4 Å². The second-order valence-corrected chi connectivity index (χ2v) is 6.11. The fourth-order valence-electron chi connectivity index (χ4n) is 1.93. The predicted molar refractivity (Wildman–Crippen MR) is 95.2 cm³/mol. The molecule has 5 heteroatoms. The molecule has 0 aliphatic carbocycles. The van der Waals surface area contributed by atoms with E-state index in [9.17, 15) is 4.79 Å². The molecule has 0 bridgehead atoms. The molecule has 0 unspecified atom stereocenters. The number of nitrogens with zero attached hydrogens (tertiary/aromatic N) is 1. The van der Waals surface area contributed by atoms with Gasteiger partial charge >= 0.3 is 0 Å². The van der Waals surface area contributed by atoms with Crippen LogP contribution in [0.3, 0.4) is 0 Å². The van der Waals surface area contributed by atoms with Gasteiger partial charge in [0.05, 0.1) is 6.54 Å². The molecule has 1 amide bonds. The Labute approximate surface area is 139 Å². The monoisotopic (exact) mass is 361 g/mol. The maximum Gasteiger partial charge on any atom is 0.239 e. The van der Waals surface area contributed by atoms with E-state index in [2.05, 4.69) is 26.6 Å². The molecule has 116 valence electrons. The lowest BCUT2D eigenvalue weighted by molar-refractivity contribution is -0.119. The Morgan fingerprint density at radius 1 is 1.05 bits per heavy atom. The smallest absolute Gasteiger partial charge is 0.239 e. The van der Waals surface area contributed by atoms with Crippen molar-refractivity contribution in [3.63, 3.8) is 0 Å². The summed E-state index contributed by atoms with van der Waals surface area (Å²) in [5, 5.41) is 6.00. The van der Waals surface area contributed by atoms with E-state index in [1.165, 1.54) is 0 Å². The van der Waals surface area contributed by atoms with Crippen LogP contribution in [0.15, 0.2) is 53.0 Å². The Morgan fingerprint density at radius 2 is 1.68 bits per heavy atom. The molecule has 0 aliphatic rings. The minimum atomic E-state index is -0.0281. The molecule has 0 atom stereocenters. The number of nitrogens with one attached hydrogen (secondary N) is 2. The minimum Gasteiger partial charge on any atom is -0.378 e. The van der Waals surface area contributed by atoms with Crippen LogP contribution in [0.1, 0.15) is 5.56 Å². The average Bonchev–Trinajstić information content (AvgIpc) is 2.52. The number of amides is 1. The number of carbonyl (C=O) groups excluding carboxylic acids is 1. The van der Waals surface area contributed by atoms with E-state index in [4.69, 9.17) is 0 Å². The molecule has 2 aromatic carbocycles. The van der Waals surface area contributed by atoms with Crippen LogP contribution in [0.25, 0.3) is 0 Å². The fraction of sp³-hybridized carbons (Fsp3) is 0.235. The first-order valence-corrected chi connectivity index (χ1v) is 7.86. The molecule has 22 heavy (non-hydrogen) atoms. The molecule has 2 aromatic rings. The van der Waals surface area contributed by atoms with Crippen molar-refractivity contribution in [2.75, 3.05) is 30.9 Å². The van der Waals surface area contributed by atoms with Crippen molar-refractivity contribution in [2.45, 2.75) is 6.54 Å². The molecule has 0 saturated heterocycles. The van der Waals surface area contributed by atoms with E-state index in [-0.39, 0.29) is 12.5 Å². The summed E-state index contributed by atoms with van der Waals surface area (Å²) in [6.45, 7) is 0.798. The molecule has 0 saturated carbocycles. The van der Waals surface area contributed by atoms with E-state index in [1.807, 2.05) is 67.5 Å². The van der Waals surface area contributed by atoms with Gasteiger partial charge < -0.3 is 15.5 Å². The summed E-state index contributed by atoms with van der Waals surface area (Å²) in [5.41, 5.74) is 3.16. The van der Waals surface area contributed by atoms with Crippen LogP contribution in [0.2, 0.25) is 0 Å². The van der Waals surface area contributed by atoms with Crippen molar-refractivity contribution in [1.29, 1.82) is 0 Å². The summed E-state index contributed by atoms with van der Waals surface area (Å²) in [4.78, 5) is 13.9. The zero-order valence-electron chi connectivity index (χ0n) is 12.8. The normalized spacial score (nSPS) is 10.1. The summed E-state index contributed by atoms with van der Waals surface area (Å²) >= 11 is 3.38. The lowest BCUT2D eigenvalue weighted by Gasteiger charge is -2.13. The van der Waals surface area contributed by atoms with E-state index in [1.54, 1.807) is 0 Å². The van der Waals surface area contributed by atoms with E-state index in [0.29, 0.717) is 6.54 Å². The third-order valence-corrected chi connectivity index (χ3v) is 3.77. The molecule has 4 nitrogen and oxygen atoms in total. The quantitative estimate of drug-likeness (QED) is 0.829. The fourth-order valence-corrected chi connectivity index (χ4v) is 2.19. The number of hydrogen-bond acceptors (Lipinski definition) is 3. The highest BCUT2D eigenvalue weighted by Gasteiger charge is 2.02. The van der Waals surface area contributed by atoms with Gasteiger partial charge in [-0.15, -0.1) is 0 Å². The van der Waals surface area contributed by atoms with Crippen LogP contribution >= 0.6 is 15.9 Å². The van der Waals surface area contributed by atoms with E-state index in [0.717, 1.165) is 21.4 Å². The molecule has 2 N–H and O–H groups in total. The van der Waals surface area contributed by atoms with Gasteiger partial charge in [0.15, 0.2) is 0 Å². The zero-order valence-corrected chi connectivity index (χ0v) is 14.4. The van der Waals surface area contributed by atoms with Crippen LogP contribution in [0.5, 0.6) is 0 Å². The van der Waals surface area contributed by atoms with Crippen LogP contribution in [0, 0.1) is 0 Å². The van der Waals surface area contributed by atoms with Crippen molar-refractivity contribution < 1.29 is 4.79 Å². The Bertz CT molecular complexity index is 609. The Hall–Kier alpha value is -2.01. The van der Waals surface area contributed by atoms with Crippen LogP contribution < -0.4 is 15.5 Å². The molecular formula is C17H20BrN3O. The molecule has 0 spiro atoms. The average molecular weight is 362 g/mol. The summed E-state index contributed by atoms with van der Waals surface area (Å²) < 4.78 is 1.02. The standard InChI is InChI=1S/C17H20BrN3O/c1-21(2)16-9-3-13(4-10-16)11-20-17(22)12-19-15-7-5-14(18)6-8-15/h3-10,19H,11-12H2,1-2H3,(H,20,22). The Balaban J connectivity index is 1.76. The third kappa shape index (κ3) is 5.07. The van der Waals surface area contributed by atoms with Gasteiger partial charge in [-0.1, -0.05) is 28.1 Å². The molecular weight excluding hydrogens is 342 g/mol. The molecule has 0 aromatic heterocycles. The number of benzene rings is 2. The second kappa shape index (κ2) is 7.84. The number of hydrogen-bond donors (Lipinski definition) is 2. The maximum absolute atomic E-state index is 11.8. The number of carbonyl (C=O) groups is 1. The number of rotatable bonds is 6. The van der Waals surface area contributed by atoms with Gasteiger partial charge in [0.25, 0.3) is 0 Å². The number of anilines is 2. The van der Waals surface area contributed by atoms with Gasteiger partial charge in [0.1, 0.15) is 0 Å². The largest absolute Gasteiger partial charge is 0.378 e. The first kappa shape index (κ1) is 16.4. The number of halogens is 1. The van der Waals surface area contributed by atoms with Gasteiger partial charge in [-0.2, -0.15) is 0 Å². The van der Waals surface area contributed by atoms with Gasteiger partial charge in [0.2, 0.25) is 5.91 Å². The summed E-state index contributed by atoms with van der Waals surface area (Å²) in [6, 6.07) is 15.9. The molecule has 0 heterocycles. The highest BCUT2D eigenvalue weighted by Crippen LogP contribution is 2.14. The third-order valence-electron chi connectivity index (χ3n) is 3.24. The summed E-state index contributed by atoms with van der Waals surface area (Å²) in [5.74, 6) is -0.0281. The molecule has 0 fully saturated rings. The Morgan fingerprint density at radius 3 is 2.27 bits per heavy atom. The summed E-state index contributed by atoms with van der Waals surface area (Å²) in [7, 11) is 4.01. The van der Waals surface area contributed by atoms with Gasteiger partial charge in [0, 0.05) is 36.5 Å². The predicted octanol–water partition coefficient (Wildman–Crippen LogP) is 3.24. The van der Waals surface area contributed by atoms with E-state index < -0.39 is 0 Å². The Kier molecular flexibility index (Phi) is 5.83. The zero-order chi connectivity index (χ0) is 15.9. The van der Waals surface area contributed by atoms with Crippen molar-refractivity contribution in [3.05, 3.63) is 58.6 Å². The maximum atomic E-state index is 11.8. The van der Waals surface area contributed by atoms with Gasteiger partial charge in [-0.05, 0) is 42.0 Å². The van der Waals surface area contributed by atoms with Crippen molar-refractivity contribution in [1.82, 2.24) is 5.32 Å². The SMILES string of the molecule is CN(C)c1ccc(CNC(=O)CNc2ccc(Br)cc2)cc1. The minimum absolute atomic E-state index is 0.0281. The first-order chi connectivity index (χ1) is 10.5. The van der Waals surface area contributed by atoms with Crippen molar-refractivity contribution in [2.24, 2.45) is 0 Å².